The van der Waals surface area contributed by atoms with E-state index in [1.807, 2.05) is 45.0 Å². The highest BCUT2D eigenvalue weighted by atomic mass is 16.6. The SMILES string of the molecule is COc1ccc(-n2ncc(C(=O)Nc3cc(OC)ccc3OC)c2C2CCN(C(=O)OC(C)(C)C)CC2)cc1. The van der Waals surface area contributed by atoms with Gasteiger partial charge in [-0.2, -0.15) is 5.10 Å². The van der Waals surface area contributed by atoms with Crippen molar-refractivity contribution < 1.29 is 28.5 Å². The number of hydrogen-bond acceptors (Lipinski definition) is 7. The van der Waals surface area contributed by atoms with Crippen LogP contribution in [0.2, 0.25) is 0 Å². The molecule has 0 spiro atoms. The maximum atomic E-state index is 13.7. The number of benzene rings is 2. The lowest BCUT2D eigenvalue weighted by molar-refractivity contribution is 0.0203. The number of anilines is 1. The molecule has 1 aliphatic rings. The van der Waals surface area contributed by atoms with E-state index in [1.165, 1.54) is 0 Å². The van der Waals surface area contributed by atoms with Gasteiger partial charge in [-0.1, -0.05) is 0 Å². The van der Waals surface area contributed by atoms with E-state index in [9.17, 15) is 9.59 Å². The molecule has 1 saturated heterocycles. The van der Waals surface area contributed by atoms with Crippen molar-refractivity contribution in [3.05, 3.63) is 59.9 Å². The largest absolute Gasteiger partial charge is 0.497 e. The van der Waals surface area contributed by atoms with Crippen LogP contribution >= 0.6 is 0 Å². The summed E-state index contributed by atoms with van der Waals surface area (Å²) in [5.41, 5.74) is 1.96. The van der Waals surface area contributed by atoms with Crippen LogP contribution in [0.1, 0.15) is 55.6 Å². The molecule has 0 radical (unpaired) electrons. The monoisotopic (exact) mass is 536 g/mol. The van der Waals surface area contributed by atoms with E-state index in [-0.39, 0.29) is 17.9 Å². The van der Waals surface area contributed by atoms with E-state index in [2.05, 4.69) is 10.4 Å². The smallest absolute Gasteiger partial charge is 0.410 e. The molecule has 2 aromatic carbocycles. The lowest BCUT2D eigenvalue weighted by Gasteiger charge is -2.34. The average molecular weight is 537 g/mol. The van der Waals surface area contributed by atoms with Gasteiger partial charge in [0.2, 0.25) is 0 Å². The zero-order chi connectivity index (χ0) is 28.2. The summed E-state index contributed by atoms with van der Waals surface area (Å²) in [6.07, 6.45) is 2.57. The first-order valence-electron chi connectivity index (χ1n) is 12.9. The number of nitrogens with zero attached hydrogens (tertiary/aromatic N) is 3. The molecular formula is C29H36N4O6. The van der Waals surface area contributed by atoms with Gasteiger partial charge in [-0.25, -0.2) is 9.48 Å². The maximum absolute atomic E-state index is 13.7. The van der Waals surface area contributed by atoms with Gasteiger partial charge >= 0.3 is 6.09 Å². The van der Waals surface area contributed by atoms with Crippen molar-refractivity contribution in [2.75, 3.05) is 39.7 Å². The van der Waals surface area contributed by atoms with Crippen LogP contribution in [-0.4, -0.2) is 66.7 Å². The molecule has 0 aliphatic carbocycles. The molecule has 4 rings (SSSR count). The molecular weight excluding hydrogens is 500 g/mol. The van der Waals surface area contributed by atoms with E-state index in [0.29, 0.717) is 48.7 Å². The fourth-order valence-electron chi connectivity index (χ4n) is 4.62. The molecule has 1 N–H and O–H groups in total. The van der Waals surface area contributed by atoms with Gasteiger partial charge in [0.1, 0.15) is 22.8 Å². The average Bonchev–Trinajstić information content (AvgIpc) is 3.37. The number of hydrogen-bond donors (Lipinski definition) is 1. The highest BCUT2D eigenvalue weighted by Gasteiger charge is 2.32. The first-order chi connectivity index (χ1) is 18.6. The minimum atomic E-state index is -0.562. The number of carbonyl (C=O) groups excluding carboxylic acids is 2. The highest BCUT2D eigenvalue weighted by molar-refractivity contribution is 6.06. The van der Waals surface area contributed by atoms with Gasteiger partial charge < -0.3 is 29.2 Å². The second-order valence-electron chi connectivity index (χ2n) is 10.3. The van der Waals surface area contributed by atoms with Crippen LogP contribution in [0.3, 0.4) is 0 Å². The van der Waals surface area contributed by atoms with Crippen molar-refractivity contribution in [1.82, 2.24) is 14.7 Å². The Balaban J connectivity index is 1.65. The summed E-state index contributed by atoms with van der Waals surface area (Å²) in [7, 11) is 4.72. The topological polar surface area (TPSA) is 104 Å². The zero-order valence-electron chi connectivity index (χ0n) is 23.3. The summed E-state index contributed by atoms with van der Waals surface area (Å²) in [6, 6.07) is 12.7. The third-order valence-electron chi connectivity index (χ3n) is 6.56. The van der Waals surface area contributed by atoms with E-state index in [1.54, 1.807) is 55.3 Å². The normalized spacial score (nSPS) is 14.1. The number of methoxy groups -OCH3 is 3. The second kappa shape index (κ2) is 11.7. The summed E-state index contributed by atoms with van der Waals surface area (Å²) in [6.45, 7) is 6.59. The number of ether oxygens (including phenoxy) is 4. The van der Waals surface area contributed by atoms with E-state index < -0.39 is 5.60 Å². The Labute approximate surface area is 228 Å². The molecule has 208 valence electrons. The molecule has 0 unspecified atom stereocenters. The van der Waals surface area contributed by atoms with Crippen LogP contribution in [0.15, 0.2) is 48.7 Å². The van der Waals surface area contributed by atoms with Gasteiger partial charge in [0.15, 0.2) is 0 Å². The Bertz CT molecular complexity index is 1300. The van der Waals surface area contributed by atoms with Crippen molar-refractivity contribution in [3.8, 4) is 22.9 Å². The number of aromatic nitrogens is 2. The number of carbonyl (C=O) groups is 2. The van der Waals surface area contributed by atoms with Gasteiger partial charge in [0, 0.05) is 25.1 Å². The summed E-state index contributed by atoms with van der Waals surface area (Å²) >= 11 is 0. The van der Waals surface area contributed by atoms with E-state index in [0.717, 1.165) is 17.1 Å². The minimum absolute atomic E-state index is 0.0127. The summed E-state index contributed by atoms with van der Waals surface area (Å²) in [5.74, 6) is 1.50. The van der Waals surface area contributed by atoms with Gasteiger partial charge in [0.05, 0.1) is 50.2 Å². The van der Waals surface area contributed by atoms with E-state index in [4.69, 9.17) is 18.9 Å². The van der Waals surface area contributed by atoms with Gasteiger partial charge in [-0.05, 0) is 70.0 Å². The van der Waals surface area contributed by atoms with Crippen molar-refractivity contribution in [1.29, 1.82) is 0 Å². The number of rotatable bonds is 7. The molecule has 3 aromatic rings. The quantitative estimate of drug-likeness (QED) is 0.439. The Morgan fingerprint density at radius 3 is 2.15 bits per heavy atom. The Morgan fingerprint density at radius 2 is 1.56 bits per heavy atom. The fraction of sp³-hybridized carbons (Fsp3) is 0.414. The van der Waals surface area contributed by atoms with Crippen LogP contribution in [0.4, 0.5) is 10.5 Å². The molecule has 39 heavy (non-hydrogen) atoms. The maximum Gasteiger partial charge on any atom is 0.410 e. The van der Waals surface area contributed by atoms with Gasteiger partial charge in [-0.3, -0.25) is 4.79 Å². The second-order valence-corrected chi connectivity index (χ2v) is 10.3. The van der Waals surface area contributed by atoms with Crippen LogP contribution < -0.4 is 19.5 Å². The zero-order valence-corrected chi connectivity index (χ0v) is 23.3. The van der Waals surface area contributed by atoms with Crippen LogP contribution in [0.5, 0.6) is 17.2 Å². The molecule has 1 aromatic heterocycles. The predicted octanol–water partition coefficient (Wildman–Crippen LogP) is 5.26. The highest BCUT2D eigenvalue weighted by Crippen LogP contribution is 2.35. The van der Waals surface area contributed by atoms with Crippen molar-refractivity contribution in [2.24, 2.45) is 0 Å². The molecule has 0 saturated carbocycles. The number of likely N-dealkylation sites (tertiary alicyclic amines) is 1. The summed E-state index contributed by atoms with van der Waals surface area (Å²) < 4.78 is 23.4. The van der Waals surface area contributed by atoms with Crippen LogP contribution in [0, 0.1) is 0 Å². The summed E-state index contributed by atoms with van der Waals surface area (Å²) in [5, 5.41) is 7.58. The first kappa shape index (κ1) is 27.8. The molecule has 2 amide bonds. The molecule has 2 heterocycles. The third-order valence-corrected chi connectivity index (χ3v) is 6.56. The molecule has 10 nitrogen and oxygen atoms in total. The lowest BCUT2D eigenvalue weighted by Crippen LogP contribution is -2.41. The molecule has 0 bridgehead atoms. The standard InChI is InChI=1S/C29H36N4O6/c1-29(2,3)39-28(35)32-15-13-19(14-16-32)26-23(18-30-33(26)20-7-9-21(36-4)10-8-20)27(34)31-24-17-22(37-5)11-12-25(24)38-6/h7-12,17-19H,13-16H2,1-6H3,(H,31,34). The number of nitrogens with one attached hydrogen (secondary N) is 1. The van der Waals surface area contributed by atoms with Gasteiger partial charge in [-0.15, -0.1) is 0 Å². The first-order valence-corrected chi connectivity index (χ1v) is 12.9. The number of amides is 2. The molecule has 10 heteroatoms. The molecule has 1 aliphatic heterocycles. The fourth-order valence-corrected chi connectivity index (χ4v) is 4.62. The molecule has 0 atom stereocenters. The predicted molar refractivity (Wildman–Crippen MR) is 147 cm³/mol. The number of piperidine rings is 1. The van der Waals surface area contributed by atoms with Gasteiger partial charge in [0.25, 0.3) is 5.91 Å². The Kier molecular flexibility index (Phi) is 8.32. The van der Waals surface area contributed by atoms with Crippen LogP contribution in [0.25, 0.3) is 5.69 Å². The Morgan fingerprint density at radius 1 is 0.923 bits per heavy atom. The minimum Gasteiger partial charge on any atom is -0.497 e. The van der Waals surface area contributed by atoms with Crippen LogP contribution in [-0.2, 0) is 4.74 Å². The lowest BCUT2D eigenvalue weighted by atomic mass is 9.90. The third kappa shape index (κ3) is 6.45. The van der Waals surface area contributed by atoms with Crippen molar-refractivity contribution in [3.63, 3.8) is 0 Å². The van der Waals surface area contributed by atoms with Crippen molar-refractivity contribution in [2.45, 2.75) is 45.1 Å². The summed E-state index contributed by atoms with van der Waals surface area (Å²) in [4.78, 5) is 28.0. The Hall–Kier alpha value is -4.21. The molecule has 1 fully saturated rings. The van der Waals surface area contributed by atoms with E-state index >= 15 is 0 Å². The van der Waals surface area contributed by atoms with Crippen molar-refractivity contribution >= 4 is 17.7 Å².